The molecule has 38 heavy (non-hydrogen) atoms. The van der Waals surface area contributed by atoms with Crippen LogP contribution in [0.3, 0.4) is 0 Å². The Bertz CT molecular complexity index is 1360. The van der Waals surface area contributed by atoms with Gasteiger partial charge in [0.05, 0.1) is 11.5 Å². The minimum atomic E-state index is -4.80. The molecule has 2 saturated carbocycles. The molecule has 1 unspecified atom stereocenters. The maximum atomic E-state index is 14.1. The molecule has 2 aliphatic carbocycles. The molecule has 1 aromatic carbocycles. The van der Waals surface area contributed by atoms with Crippen molar-refractivity contribution in [1.82, 2.24) is 10.3 Å². The van der Waals surface area contributed by atoms with Crippen LogP contribution in [0.15, 0.2) is 53.3 Å². The molecule has 1 atom stereocenters. The summed E-state index contributed by atoms with van der Waals surface area (Å²) in [5, 5.41) is 10.6. The van der Waals surface area contributed by atoms with Crippen LogP contribution in [0.1, 0.15) is 36.9 Å². The van der Waals surface area contributed by atoms with E-state index in [0.29, 0.717) is 24.2 Å². The van der Waals surface area contributed by atoms with E-state index in [9.17, 15) is 31.5 Å². The van der Waals surface area contributed by atoms with E-state index in [1.807, 2.05) is 0 Å². The first kappa shape index (κ1) is 25.5. The average molecular weight is 537 g/mol. The summed E-state index contributed by atoms with van der Waals surface area (Å²) >= 11 is 0. The third-order valence-corrected chi connectivity index (χ3v) is 7.00. The maximum absolute atomic E-state index is 14.1. The predicted octanol–water partition coefficient (Wildman–Crippen LogP) is 4.83. The highest BCUT2D eigenvalue weighted by Gasteiger charge is 2.72. The molecule has 200 valence electrons. The van der Waals surface area contributed by atoms with Crippen molar-refractivity contribution in [2.24, 2.45) is 11.3 Å². The van der Waals surface area contributed by atoms with Crippen LogP contribution in [-0.4, -0.2) is 28.1 Å². The van der Waals surface area contributed by atoms with E-state index in [0.717, 1.165) is 6.07 Å². The van der Waals surface area contributed by atoms with E-state index in [-0.39, 0.29) is 36.6 Å². The number of nitrogens with zero attached hydrogens (tertiary/aromatic N) is 3. The van der Waals surface area contributed by atoms with Crippen LogP contribution in [0.4, 0.5) is 44.0 Å². The van der Waals surface area contributed by atoms with Gasteiger partial charge in [0.1, 0.15) is 5.69 Å². The number of pyridine rings is 1. The zero-order valence-corrected chi connectivity index (χ0v) is 19.7. The van der Waals surface area contributed by atoms with Crippen molar-refractivity contribution >= 4 is 29.2 Å². The molecule has 0 bridgehead atoms. The number of amides is 3. The molecule has 0 saturated heterocycles. The highest BCUT2D eigenvalue weighted by atomic mass is 19.4. The van der Waals surface area contributed by atoms with E-state index in [1.165, 1.54) is 10.9 Å². The highest BCUT2D eigenvalue weighted by molar-refractivity contribution is 6.00. The number of halogens is 5. The summed E-state index contributed by atoms with van der Waals surface area (Å²) in [6.45, 7) is 0.249. The summed E-state index contributed by atoms with van der Waals surface area (Å²) in [5.41, 5.74) is -2.46. The van der Waals surface area contributed by atoms with Crippen LogP contribution in [-0.2, 0) is 17.5 Å². The van der Waals surface area contributed by atoms with E-state index < -0.39 is 47.4 Å². The number of anilines is 3. The number of aromatic nitrogens is 3. The smallest absolute Gasteiger partial charge is 0.326 e. The third-order valence-electron chi connectivity index (χ3n) is 7.00. The number of carbonyl (C=O) groups is 2. The second-order valence-corrected chi connectivity index (χ2v) is 9.42. The molecular weight excluding hydrogens is 515 g/mol. The molecule has 2 fully saturated rings. The second kappa shape index (κ2) is 9.33. The zero-order valence-electron chi connectivity index (χ0n) is 19.7. The van der Waals surface area contributed by atoms with E-state index in [2.05, 4.69) is 26.2 Å². The molecule has 3 aromatic rings. The molecule has 14 heteroatoms. The Morgan fingerprint density at radius 2 is 1.82 bits per heavy atom. The van der Waals surface area contributed by atoms with Crippen molar-refractivity contribution in [2.75, 3.05) is 16.0 Å². The van der Waals surface area contributed by atoms with Gasteiger partial charge in [-0.15, -0.1) is 0 Å². The lowest BCUT2D eigenvalue weighted by atomic mass is 9.47. The topological polar surface area (TPSA) is 113 Å². The molecular formula is C24H22F5N6O3+. The lowest BCUT2D eigenvalue weighted by molar-refractivity contribution is -0.755. The normalized spacial score (nSPS) is 19.2. The van der Waals surface area contributed by atoms with Crippen LogP contribution >= 0.6 is 0 Å². The summed E-state index contributed by atoms with van der Waals surface area (Å²) in [5.74, 6) is -4.83. The van der Waals surface area contributed by atoms with Crippen LogP contribution in [0.5, 0.6) is 0 Å². The average Bonchev–Trinajstić information content (AvgIpc) is 3.22. The molecule has 1 spiro atoms. The minimum Gasteiger partial charge on any atom is -0.326 e. The molecule has 3 N–H and O–H groups in total. The molecule has 9 nitrogen and oxygen atoms in total. The van der Waals surface area contributed by atoms with Gasteiger partial charge in [0, 0.05) is 29.4 Å². The van der Waals surface area contributed by atoms with Gasteiger partial charge in [-0.2, -0.15) is 13.2 Å². The lowest BCUT2D eigenvalue weighted by Gasteiger charge is -2.59. The molecule has 0 radical (unpaired) electrons. The fourth-order valence-electron chi connectivity index (χ4n) is 4.90. The number of nitrogens with one attached hydrogen (secondary N) is 3. The highest BCUT2D eigenvalue weighted by Crippen LogP contribution is 2.68. The van der Waals surface area contributed by atoms with Crippen LogP contribution in [0, 0.1) is 11.3 Å². The summed E-state index contributed by atoms with van der Waals surface area (Å²) < 4.78 is 75.1. The summed E-state index contributed by atoms with van der Waals surface area (Å²) in [7, 11) is 0. The molecule has 5 rings (SSSR count). The van der Waals surface area contributed by atoms with Crippen molar-refractivity contribution in [3.8, 4) is 0 Å². The quantitative estimate of drug-likeness (QED) is 0.308. The van der Waals surface area contributed by atoms with Gasteiger partial charge in [0.2, 0.25) is 17.7 Å². The summed E-state index contributed by atoms with van der Waals surface area (Å²) in [6, 6.07) is 6.83. The van der Waals surface area contributed by atoms with Crippen LogP contribution in [0.25, 0.3) is 0 Å². The Morgan fingerprint density at radius 3 is 2.42 bits per heavy atom. The Balaban J connectivity index is 1.27. The largest absolute Gasteiger partial charge is 0.416 e. The monoisotopic (exact) mass is 537 g/mol. The van der Waals surface area contributed by atoms with E-state index in [1.54, 1.807) is 24.4 Å². The summed E-state index contributed by atoms with van der Waals surface area (Å²) in [4.78, 5) is 29.3. The number of hydrogen-bond acceptors (Lipinski definition) is 5. The van der Waals surface area contributed by atoms with Gasteiger partial charge in [0.15, 0.2) is 0 Å². The van der Waals surface area contributed by atoms with Gasteiger partial charge in [-0.1, -0.05) is 12.5 Å². The van der Waals surface area contributed by atoms with Crippen molar-refractivity contribution in [1.29, 1.82) is 0 Å². The molecule has 2 aromatic heterocycles. The predicted molar refractivity (Wildman–Crippen MR) is 122 cm³/mol. The van der Waals surface area contributed by atoms with Crippen LogP contribution in [0.2, 0.25) is 0 Å². The SMILES string of the molecule is O=C(Nc1cc(NC(=O)C2CC(F)(F)C23CCC3)cc(C(F)(F)F)c1)Nc1c[n+](Cc2ccccn2)no1. The minimum absolute atomic E-state index is 0.0874. The number of benzene rings is 1. The first-order valence-electron chi connectivity index (χ1n) is 11.7. The number of alkyl halides is 5. The zero-order chi connectivity index (χ0) is 27.1. The molecule has 0 aliphatic heterocycles. The van der Waals surface area contributed by atoms with Crippen molar-refractivity contribution in [2.45, 2.75) is 44.3 Å². The van der Waals surface area contributed by atoms with Gasteiger partial charge in [-0.25, -0.2) is 13.6 Å². The first-order chi connectivity index (χ1) is 17.9. The number of hydrogen-bond donors (Lipinski definition) is 3. The van der Waals surface area contributed by atoms with Gasteiger partial charge in [-0.3, -0.25) is 19.6 Å². The number of urea groups is 1. The standard InChI is InChI=1S/C24H21F5N6O3/c25-23(26)11-18(22(23)5-3-6-22)20(36)31-16-8-14(24(27,28)29)9-17(10-16)32-21(37)33-19-13-35(34-38-19)12-15-4-1-2-7-30-15/h1-2,4,7-10,13,18H,3,5-6,11-12H2,(H2-,31,32,33,34,36,37)/p+1. The lowest BCUT2D eigenvalue weighted by Crippen LogP contribution is -2.65. The Hall–Kier alpha value is -4.10. The second-order valence-electron chi connectivity index (χ2n) is 9.42. The van der Waals surface area contributed by atoms with Crippen molar-refractivity contribution in [3.63, 3.8) is 0 Å². The molecule has 3 amide bonds. The molecule has 2 heterocycles. The Kier molecular flexibility index (Phi) is 6.27. The van der Waals surface area contributed by atoms with Crippen LogP contribution < -0.4 is 20.6 Å². The van der Waals surface area contributed by atoms with Crippen molar-refractivity contribution in [3.05, 3.63) is 60.0 Å². The fraction of sp³-hybridized carbons (Fsp3) is 0.375. The molecule has 2 aliphatic rings. The number of rotatable bonds is 6. The van der Waals surface area contributed by atoms with Gasteiger partial charge >= 0.3 is 18.1 Å². The first-order valence-corrected chi connectivity index (χ1v) is 11.7. The van der Waals surface area contributed by atoms with Gasteiger partial charge in [0.25, 0.3) is 12.1 Å². The third kappa shape index (κ3) is 4.89. The van der Waals surface area contributed by atoms with E-state index in [4.69, 9.17) is 4.52 Å². The van der Waals surface area contributed by atoms with Gasteiger partial charge < -0.3 is 10.6 Å². The maximum Gasteiger partial charge on any atom is 0.416 e. The number of carbonyl (C=O) groups excluding carboxylic acids is 2. The van der Waals surface area contributed by atoms with Gasteiger partial charge in [-0.05, 0) is 47.9 Å². The Labute approximate surface area is 212 Å². The summed E-state index contributed by atoms with van der Waals surface area (Å²) in [6.07, 6.45) is -1.54. The fourth-order valence-corrected chi connectivity index (χ4v) is 4.90. The van der Waals surface area contributed by atoms with Crippen molar-refractivity contribution < 1.29 is 40.7 Å². The Morgan fingerprint density at radius 1 is 1.08 bits per heavy atom. The van der Waals surface area contributed by atoms with E-state index >= 15 is 0 Å².